The third-order valence-electron chi connectivity index (χ3n) is 2.52. The van der Waals surface area contributed by atoms with Crippen molar-refractivity contribution in [1.82, 2.24) is 20.5 Å². The molecule has 0 spiro atoms. The van der Waals surface area contributed by atoms with E-state index in [0.717, 1.165) is 20.3 Å². The molecule has 4 nitrogen and oxygen atoms in total. The lowest BCUT2D eigenvalue weighted by Gasteiger charge is -2.12. The molecule has 0 bridgehead atoms. The minimum absolute atomic E-state index is 0.334. The van der Waals surface area contributed by atoms with Crippen molar-refractivity contribution in [1.29, 1.82) is 0 Å². The van der Waals surface area contributed by atoms with Crippen molar-refractivity contribution in [2.45, 2.75) is 33.6 Å². The van der Waals surface area contributed by atoms with Gasteiger partial charge in [0, 0.05) is 12.2 Å². The van der Waals surface area contributed by atoms with Gasteiger partial charge >= 0.3 is 0 Å². The van der Waals surface area contributed by atoms with Gasteiger partial charge < -0.3 is 5.32 Å². The lowest BCUT2D eigenvalue weighted by molar-refractivity contribution is 0.595. The summed E-state index contributed by atoms with van der Waals surface area (Å²) < 4.78 is 1.92. The molecule has 102 valence electrons. The monoisotopic (exact) mass is 312 g/mol. The van der Waals surface area contributed by atoms with Gasteiger partial charge in [-0.1, -0.05) is 36.1 Å². The first-order valence-corrected chi connectivity index (χ1v) is 8.83. The van der Waals surface area contributed by atoms with Crippen molar-refractivity contribution in [3.8, 4) is 0 Å². The Morgan fingerprint density at radius 3 is 2.68 bits per heavy atom. The van der Waals surface area contributed by atoms with Crippen LogP contribution in [0.4, 0.5) is 0 Å². The van der Waals surface area contributed by atoms with Gasteiger partial charge in [-0.15, -0.1) is 10.2 Å². The van der Waals surface area contributed by atoms with E-state index >= 15 is 0 Å². The first-order valence-electron chi connectivity index (χ1n) is 5.97. The van der Waals surface area contributed by atoms with Gasteiger partial charge in [0.2, 0.25) is 0 Å². The highest BCUT2D eigenvalue weighted by molar-refractivity contribution is 8.02. The van der Waals surface area contributed by atoms with E-state index in [0.29, 0.717) is 6.04 Å². The maximum atomic E-state index is 4.47. The molecule has 0 aromatic carbocycles. The largest absolute Gasteiger partial charge is 0.310 e. The standard InChI is InChI=1S/C12H16N4S3/c1-4-13-8(2)9-5-6-10(14-7-9)18-12-16-15-11(17-3)19-12/h5-8,13H,4H2,1-3H3. The molecule has 2 aromatic heterocycles. The second kappa shape index (κ2) is 7.23. The molecule has 0 radical (unpaired) electrons. The minimum Gasteiger partial charge on any atom is -0.310 e. The molecular formula is C12H16N4S3. The van der Waals surface area contributed by atoms with Crippen LogP contribution in [0.25, 0.3) is 0 Å². The molecule has 2 heterocycles. The van der Waals surface area contributed by atoms with Crippen LogP contribution in [0.15, 0.2) is 32.0 Å². The van der Waals surface area contributed by atoms with Crippen LogP contribution in [0.2, 0.25) is 0 Å². The molecule has 2 rings (SSSR count). The van der Waals surface area contributed by atoms with E-state index in [9.17, 15) is 0 Å². The van der Waals surface area contributed by atoms with Crippen LogP contribution in [0.5, 0.6) is 0 Å². The van der Waals surface area contributed by atoms with Crippen LogP contribution in [0, 0.1) is 0 Å². The molecule has 1 unspecified atom stereocenters. The Morgan fingerprint density at radius 2 is 2.11 bits per heavy atom. The number of hydrogen-bond donors (Lipinski definition) is 1. The van der Waals surface area contributed by atoms with Crippen molar-refractivity contribution in [2.75, 3.05) is 12.8 Å². The normalized spacial score (nSPS) is 12.6. The number of aromatic nitrogens is 3. The van der Waals surface area contributed by atoms with E-state index in [2.05, 4.69) is 40.4 Å². The van der Waals surface area contributed by atoms with Gasteiger partial charge in [-0.25, -0.2) is 4.98 Å². The molecule has 0 saturated carbocycles. The molecule has 1 N–H and O–H groups in total. The van der Waals surface area contributed by atoms with Crippen molar-refractivity contribution >= 4 is 34.9 Å². The number of hydrogen-bond acceptors (Lipinski definition) is 7. The Balaban J connectivity index is 2.02. The Kier molecular flexibility index (Phi) is 5.62. The fourth-order valence-electron chi connectivity index (χ4n) is 1.54. The van der Waals surface area contributed by atoms with Gasteiger partial charge in [-0.05, 0) is 43.1 Å². The van der Waals surface area contributed by atoms with E-state index in [1.165, 1.54) is 5.56 Å². The second-order valence-electron chi connectivity index (χ2n) is 3.85. The highest BCUT2D eigenvalue weighted by atomic mass is 32.2. The van der Waals surface area contributed by atoms with Crippen LogP contribution in [-0.2, 0) is 0 Å². The molecule has 1 atom stereocenters. The van der Waals surface area contributed by atoms with Crippen LogP contribution in [-0.4, -0.2) is 28.0 Å². The molecule has 0 amide bonds. The first-order chi connectivity index (χ1) is 9.22. The summed E-state index contributed by atoms with van der Waals surface area (Å²) in [5.74, 6) is 0. The average molecular weight is 312 g/mol. The fraction of sp³-hybridized carbons (Fsp3) is 0.417. The van der Waals surface area contributed by atoms with Crippen LogP contribution < -0.4 is 5.32 Å². The Hall–Kier alpha value is -0.630. The average Bonchev–Trinajstić information content (AvgIpc) is 2.87. The Labute approximate surface area is 125 Å². The number of nitrogens with zero attached hydrogens (tertiary/aromatic N) is 3. The summed E-state index contributed by atoms with van der Waals surface area (Å²) in [4.78, 5) is 4.47. The van der Waals surface area contributed by atoms with Crippen LogP contribution in [0.1, 0.15) is 25.5 Å². The molecular weight excluding hydrogens is 296 g/mol. The lowest BCUT2D eigenvalue weighted by Crippen LogP contribution is -2.17. The van der Waals surface area contributed by atoms with Crippen molar-refractivity contribution in [3.63, 3.8) is 0 Å². The number of nitrogens with one attached hydrogen (secondary N) is 1. The number of thioether (sulfide) groups is 1. The predicted octanol–water partition coefficient (Wildman–Crippen LogP) is 3.48. The predicted molar refractivity (Wildman–Crippen MR) is 82.1 cm³/mol. The Morgan fingerprint density at radius 1 is 1.32 bits per heavy atom. The quantitative estimate of drug-likeness (QED) is 0.824. The van der Waals surface area contributed by atoms with Crippen molar-refractivity contribution < 1.29 is 0 Å². The van der Waals surface area contributed by atoms with Gasteiger partial charge in [0.15, 0.2) is 8.68 Å². The summed E-state index contributed by atoms with van der Waals surface area (Å²) in [5, 5.41) is 12.5. The Bertz CT molecular complexity index is 512. The molecule has 0 saturated heterocycles. The zero-order valence-electron chi connectivity index (χ0n) is 11.1. The van der Waals surface area contributed by atoms with E-state index in [-0.39, 0.29) is 0 Å². The SMILES string of the molecule is CCNC(C)c1ccc(Sc2nnc(SC)s2)nc1. The van der Waals surface area contributed by atoms with E-state index in [4.69, 9.17) is 0 Å². The summed E-state index contributed by atoms with van der Waals surface area (Å²) in [6.07, 6.45) is 3.93. The third kappa shape index (κ3) is 4.17. The molecule has 0 aliphatic rings. The summed E-state index contributed by atoms with van der Waals surface area (Å²) in [7, 11) is 0. The van der Waals surface area contributed by atoms with Crippen LogP contribution in [0.3, 0.4) is 0 Å². The molecule has 2 aromatic rings. The van der Waals surface area contributed by atoms with Gasteiger partial charge in [0.05, 0.1) is 0 Å². The molecule has 19 heavy (non-hydrogen) atoms. The van der Waals surface area contributed by atoms with E-state index < -0.39 is 0 Å². The molecule has 7 heteroatoms. The van der Waals surface area contributed by atoms with E-state index in [1.807, 2.05) is 18.5 Å². The van der Waals surface area contributed by atoms with Crippen molar-refractivity contribution in [3.05, 3.63) is 23.9 Å². The maximum absolute atomic E-state index is 4.47. The topological polar surface area (TPSA) is 50.7 Å². The third-order valence-corrected chi connectivity index (χ3v) is 5.42. The molecule has 0 aliphatic carbocycles. The number of rotatable bonds is 6. The summed E-state index contributed by atoms with van der Waals surface area (Å²) >= 11 is 4.77. The maximum Gasteiger partial charge on any atom is 0.181 e. The molecule has 0 fully saturated rings. The zero-order chi connectivity index (χ0) is 13.7. The summed E-state index contributed by atoms with van der Waals surface area (Å²) in [6.45, 7) is 5.20. The summed E-state index contributed by atoms with van der Waals surface area (Å²) in [6, 6.07) is 4.48. The molecule has 0 aliphatic heterocycles. The van der Waals surface area contributed by atoms with E-state index in [1.54, 1.807) is 34.9 Å². The highest BCUT2D eigenvalue weighted by Crippen LogP contribution is 2.31. The smallest absolute Gasteiger partial charge is 0.181 e. The van der Waals surface area contributed by atoms with Gasteiger partial charge in [0.25, 0.3) is 0 Å². The lowest BCUT2D eigenvalue weighted by atomic mass is 10.1. The van der Waals surface area contributed by atoms with Crippen molar-refractivity contribution in [2.24, 2.45) is 0 Å². The van der Waals surface area contributed by atoms with Crippen LogP contribution >= 0.6 is 34.9 Å². The first kappa shape index (κ1) is 14.8. The number of pyridine rings is 1. The van der Waals surface area contributed by atoms with Gasteiger partial charge in [-0.3, -0.25) is 0 Å². The zero-order valence-corrected chi connectivity index (χ0v) is 13.5. The summed E-state index contributed by atoms with van der Waals surface area (Å²) in [5.41, 5.74) is 1.20. The van der Waals surface area contributed by atoms with Gasteiger partial charge in [-0.2, -0.15) is 0 Å². The highest BCUT2D eigenvalue weighted by Gasteiger charge is 2.08. The fourth-order valence-corrected chi connectivity index (χ4v) is 3.87. The minimum atomic E-state index is 0.334. The van der Waals surface area contributed by atoms with Gasteiger partial charge in [0.1, 0.15) is 5.03 Å². The second-order valence-corrected chi connectivity index (χ2v) is 7.15.